The fraction of sp³-hybridized carbons (Fsp3) is 0.286. The molecule has 0 spiro atoms. The minimum absolute atomic E-state index is 0.569. The molecule has 2 rings (SSSR count). The molecule has 2 aromatic rings. The van der Waals surface area contributed by atoms with Gasteiger partial charge in [-0.25, -0.2) is 4.98 Å². The molecule has 0 aliphatic carbocycles. The van der Waals surface area contributed by atoms with Gasteiger partial charge in [-0.3, -0.25) is 0 Å². The second-order valence-corrected chi connectivity index (χ2v) is 5.44. The van der Waals surface area contributed by atoms with Gasteiger partial charge in [0.15, 0.2) is 0 Å². The normalized spacial score (nSPS) is 10.2. The molecule has 0 aliphatic rings. The molecule has 0 saturated heterocycles. The molecule has 1 N–H and O–H groups in total. The zero-order valence-electron chi connectivity index (χ0n) is 10.6. The van der Waals surface area contributed by atoms with Crippen LogP contribution in [-0.2, 0) is 12.8 Å². The molecule has 1 aromatic carbocycles. The van der Waals surface area contributed by atoms with Gasteiger partial charge >= 0.3 is 0 Å². The van der Waals surface area contributed by atoms with Crippen molar-refractivity contribution in [3.8, 4) is 6.07 Å². The van der Waals surface area contributed by atoms with Gasteiger partial charge in [0.05, 0.1) is 22.0 Å². The van der Waals surface area contributed by atoms with E-state index in [1.54, 1.807) is 23.5 Å². The van der Waals surface area contributed by atoms with E-state index >= 15 is 0 Å². The molecule has 0 atom stereocenters. The minimum Gasteiger partial charge on any atom is -0.384 e. The summed E-state index contributed by atoms with van der Waals surface area (Å²) in [5, 5.41) is 16.1. The van der Waals surface area contributed by atoms with Crippen molar-refractivity contribution >= 4 is 28.6 Å². The van der Waals surface area contributed by atoms with Gasteiger partial charge in [0.1, 0.15) is 6.07 Å². The van der Waals surface area contributed by atoms with E-state index in [0.717, 1.165) is 30.8 Å². The molecular weight excluding hydrogens is 278 g/mol. The van der Waals surface area contributed by atoms with Crippen molar-refractivity contribution in [2.45, 2.75) is 19.8 Å². The molecule has 98 valence electrons. The van der Waals surface area contributed by atoms with Crippen molar-refractivity contribution in [1.29, 1.82) is 5.26 Å². The summed E-state index contributed by atoms with van der Waals surface area (Å²) in [5.41, 5.74) is 2.49. The first-order valence-corrected chi connectivity index (χ1v) is 7.35. The Kier molecular flexibility index (Phi) is 4.78. The Balaban J connectivity index is 1.94. The number of rotatable bonds is 5. The number of hydrogen-bond acceptors (Lipinski definition) is 4. The van der Waals surface area contributed by atoms with Gasteiger partial charge in [-0.15, -0.1) is 11.3 Å². The summed E-state index contributed by atoms with van der Waals surface area (Å²) in [4.78, 5) is 4.51. The smallest absolute Gasteiger partial charge is 0.101 e. The van der Waals surface area contributed by atoms with E-state index in [9.17, 15) is 0 Å². The molecule has 0 fully saturated rings. The number of nitriles is 1. The first-order chi connectivity index (χ1) is 9.22. The van der Waals surface area contributed by atoms with E-state index < -0.39 is 0 Å². The highest BCUT2D eigenvalue weighted by Gasteiger charge is 2.04. The highest BCUT2D eigenvalue weighted by Crippen LogP contribution is 2.20. The van der Waals surface area contributed by atoms with Crippen LogP contribution in [0.3, 0.4) is 0 Å². The zero-order valence-corrected chi connectivity index (χ0v) is 12.2. The second-order valence-electron chi connectivity index (χ2n) is 4.06. The summed E-state index contributed by atoms with van der Waals surface area (Å²) in [6.45, 7) is 2.86. The van der Waals surface area contributed by atoms with Crippen molar-refractivity contribution in [2.75, 3.05) is 11.9 Å². The van der Waals surface area contributed by atoms with Crippen LogP contribution < -0.4 is 5.32 Å². The van der Waals surface area contributed by atoms with Gasteiger partial charge in [0.25, 0.3) is 0 Å². The Bertz CT molecular complexity index is 601. The molecular formula is C14H14ClN3S. The highest BCUT2D eigenvalue weighted by atomic mass is 35.5. The predicted molar refractivity (Wildman–Crippen MR) is 79.9 cm³/mol. The van der Waals surface area contributed by atoms with Crippen molar-refractivity contribution in [2.24, 2.45) is 0 Å². The number of hydrogen-bond donors (Lipinski definition) is 1. The van der Waals surface area contributed by atoms with E-state index in [1.165, 1.54) is 5.01 Å². The SMILES string of the molecule is CCc1nc(CCNc2ccc(Cl)cc2C#N)cs1. The first kappa shape index (κ1) is 13.9. The van der Waals surface area contributed by atoms with Gasteiger partial charge in [-0.05, 0) is 24.6 Å². The van der Waals surface area contributed by atoms with E-state index in [2.05, 4.69) is 28.7 Å². The standard InChI is InChI=1S/C14H14ClN3S/c1-2-14-18-12(9-19-14)5-6-17-13-4-3-11(15)7-10(13)8-16/h3-4,7,9,17H,2,5-6H2,1H3. The summed E-state index contributed by atoms with van der Waals surface area (Å²) in [7, 11) is 0. The quantitative estimate of drug-likeness (QED) is 0.909. The fourth-order valence-corrected chi connectivity index (χ4v) is 2.67. The third-order valence-corrected chi connectivity index (χ3v) is 3.98. The van der Waals surface area contributed by atoms with Crippen LogP contribution in [-0.4, -0.2) is 11.5 Å². The van der Waals surface area contributed by atoms with Crippen LogP contribution in [0.2, 0.25) is 5.02 Å². The van der Waals surface area contributed by atoms with Crippen LogP contribution in [0.4, 0.5) is 5.69 Å². The van der Waals surface area contributed by atoms with Gasteiger partial charge in [0, 0.05) is 23.4 Å². The summed E-state index contributed by atoms with van der Waals surface area (Å²) < 4.78 is 0. The van der Waals surface area contributed by atoms with Crippen molar-refractivity contribution in [3.63, 3.8) is 0 Å². The van der Waals surface area contributed by atoms with Crippen LogP contribution in [0.25, 0.3) is 0 Å². The van der Waals surface area contributed by atoms with Gasteiger partial charge in [0.2, 0.25) is 0 Å². The predicted octanol–water partition coefficient (Wildman–Crippen LogP) is 3.89. The third kappa shape index (κ3) is 3.69. The zero-order chi connectivity index (χ0) is 13.7. The Morgan fingerprint density at radius 2 is 2.32 bits per heavy atom. The van der Waals surface area contributed by atoms with Crippen LogP contribution in [0, 0.1) is 11.3 Å². The summed E-state index contributed by atoms with van der Waals surface area (Å²) in [6, 6.07) is 7.42. The number of nitrogens with zero attached hydrogens (tertiary/aromatic N) is 2. The van der Waals surface area contributed by atoms with Crippen LogP contribution in [0.1, 0.15) is 23.2 Å². The van der Waals surface area contributed by atoms with E-state index in [-0.39, 0.29) is 0 Å². The number of benzene rings is 1. The maximum absolute atomic E-state index is 9.04. The Labute approximate surface area is 121 Å². The number of aryl methyl sites for hydroxylation is 1. The lowest BCUT2D eigenvalue weighted by Gasteiger charge is -2.07. The molecule has 3 nitrogen and oxygen atoms in total. The third-order valence-electron chi connectivity index (χ3n) is 2.70. The number of halogens is 1. The average Bonchev–Trinajstić information content (AvgIpc) is 2.88. The number of thiazole rings is 1. The molecule has 0 unspecified atom stereocenters. The molecule has 0 bridgehead atoms. The minimum atomic E-state index is 0.569. The monoisotopic (exact) mass is 291 g/mol. The average molecular weight is 292 g/mol. The number of anilines is 1. The molecule has 0 radical (unpaired) electrons. The summed E-state index contributed by atoms with van der Waals surface area (Å²) in [6.07, 6.45) is 1.83. The van der Waals surface area contributed by atoms with E-state index in [1.807, 2.05) is 6.07 Å². The maximum atomic E-state index is 9.04. The van der Waals surface area contributed by atoms with E-state index in [4.69, 9.17) is 16.9 Å². The van der Waals surface area contributed by atoms with Gasteiger partial charge < -0.3 is 5.32 Å². The lowest BCUT2D eigenvalue weighted by molar-refractivity contribution is 0.951. The Hall–Kier alpha value is -1.57. The lowest BCUT2D eigenvalue weighted by Crippen LogP contribution is -2.06. The molecule has 1 heterocycles. The Morgan fingerprint density at radius 3 is 3.00 bits per heavy atom. The lowest BCUT2D eigenvalue weighted by atomic mass is 10.2. The topological polar surface area (TPSA) is 48.7 Å². The molecule has 0 amide bonds. The molecule has 1 aromatic heterocycles. The van der Waals surface area contributed by atoms with Crippen molar-refractivity contribution in [3.05, 3.63) is 44.9 Å². The molecule has 0 aliphatic heterocycles. The second kappa shape index (κ2) is 6.55. The van der Waals surface area contributed by atoms with Crippen molar-refractivity contribution < 1.29 is 0 Å². The highest BCUT2D eigenvalue weighted by molar-refractivity contribution is 7.09. The fourth-order valence-electron chi connectivity index (χ4n) is 1.71. The molecule has 5 heteroatoms. The first-order valence-electron chi connectivity index (χ1n) is 6.09. The number of aromatic nitrogens is 1. The van der Waals surface area contributed by atoms with Gasteiger partial charge in [-0.2, -0.15) is 5.26 Å². The van der Waals surface area contributed by atoms with E-state index in [0.29, 0.717) is 10.6 Å². The maximum Gasteiger partial charge on any atom is 0.101 e. The largest absolute Gasteiger partial charge is 0.384 e. The van der Waals surface area contributed by atoms with Gasteiger partial charge in [-0.1, -0.05) is 18.5 Å². The number of nitrogens with one attached hydrogen (secondary N) is 1. The van der Waals surface area contributed by atoms with Crippen LogP contribution in [0.5, 0.6) is 0 Å². The molecule has 19 heavy (non-hydrogen) atoms. The van der Waals surface area contributed by atoms with Crippen LogP contribution in [0.15, 0.2) is 23.6 Å². The summed E-state index contributed by atoms with van der Waals surface area (Å²) in [5.74, 6) is 0. The van der Waals surface area contributed by atoms with Crippen LogP contribution >= 0.6 is 22.9 Å². The summed E-state index contributed by atoms with van der Waals surface area (Å²) >= 11 is 7.55. The molecule has 0 saturated carbocycles. The Morgan fingerprint density at radius 1 is 1.47 bits per heavy atom. The van der Waals surface area contributed by atoms with Crippen molar-refractivity contribution in [1.82, 2.24) is 4.98 Å².